The molecule has 2 aromatic heterocycles. The molecule has 4 aromatic rings. The van der Waals surface area contributed by atoms with Crippen molar-refractivity contribution in [3.8, 4) is 17.6 Å². The van der Waals surface area contributed by atoms with Crippen molar-refractivity contribution in [2.45, 2.75) is 38.1 Å². The van der Waals surface area contributed by atoms with Gasteiger partial charge in [0.15, 0.2) is 17.6 Å². The van der Waals surface area contributed by atoms with Crippen LogP contribution in [0.1, 0.15) is 24.0 Å². The lowest BCUT2D eigenvalue weighted by atomic mass is 10.1. The molecule has 2 aliphatic rings. The van der Waals surface area contributed by atoms with Gasteiger partial charge in [0.2, 0.25) is 0 Å². The van der Waals surface area contributed by atoms with Gasteiger partial charge in [-0.25, -0.2) is 4.98 Å². The zero-order valence-electron chi connectivity index (χ0n) is 20.8. The van der Waals surface area contributed by atoms with Crippen LogP contribution in [0.15, 0.2) is 65.7 Å². The molecule has 2 aliphatic heterocycles. The summed E-state index contributed by atoms with van der Waals surface area (Å²) in [7, 11) is 0. The number of hydrogen-bond donors (Lipinski definition) is 1. The van der Waals surface area contributed by atoms with Gasteiger partial charge >= 0.3 is 0 Å². The molecular formula is C28H29ClN6O3. The summed E-state index contributed by atoms with van der Waals surface area (Å²) in [6.07, 6.45) is 3.03. The van der Waals surface area contributed by atoms with Crippen LogP contribution in [-0.2, 0) is 13.1 Å². The minimum absolute atomic E-state index is 0. The summed E-state index contributed by atoms with van der Waals surface area (Å²) in [5.41, 5.74) is 8.36. The number of fused-ring (bicyclic) bond motifs is 2. The lowest BCUT2D eigenvalue weighted by Crippen LogP contribution is -2.44. The van der Waals surface area contributed by atoms with Crippen molar-refractivity contribution in [1.29, 1.82) is 5.26 Å². The van der Waals surface area contributed by atoms with E-state index < -0.39 is 0 Å². The third kappa shape index (κ3) is 4.69. The lowest BCUT2D eigenvalue weighted by Gasteiger charge is -2.33. The summed E-state index contributed by atoms with van der Waals surface area (Å²) in [4.78, 5) is 20.7. The molecule has 0 spiro atoms. The highest BCUT2D eigenvalue weighted by atomic mass is 35.5. The van der Waals surface area contributed by atoms with Crippen molar-refractivity contribution < 1.29 is 9.47 Å². The van der Waals surface area contributed by atoms with Gasteiger partial charge in [0, 0.05) is 25.7 Å². The molecule has 10 heteroatoms. The molecule has 0 amide bonds. The van der Waals surface area contributed by atoms with E-state index in [1.165, 1.54) is 6.33 Å². The second-order valence-electron chi connectivity index (χ2n) is 9.63. The maximum atomic E-state index is 13.9. The summed E-state index contributed by atoms with van der Waals surface area (Å²) < 4.78 is 15.4. The molecule has 0 aliphatic carbocycles. The molecule has 4 heterocycles. The first-order valence-electron chi connectivity index (χ1n) is 12.6. The largest absolute Gasteiger partial charge is 0.486 e. The number of rotatable bonds is 5. The Balaban J connectivity index is 0.00000294. The molecule has 0 radical (unpaired) electrons. The zero-order valence-corrected chi connectivity index (χ0v) is 21.6. The molecule has 2 atom stereocenters. The van der Waals surface area contributed by atoms with E-state index in [1.54, 1.807) is 4.57 Å². The molecule has 2 N–H and O–H groups in total. The van der Waals surface area contributed by atoms with Crippen molar-refractivity contribution in [2.75, 3.05) is 24.6 Å². The van der Waals surface area contributed by atoms with Crippen molar-refractivity contribution in [3.05, 3.63) is 82.4 Å². The molecule has 6 rings (SSSR count). The van der Waals surface area contributed by atoms with E-state index in [-0.39, 0.29) is 36.7 Å². The zero-order chi connectivity index (χ0) is 25.4. The highest BCUT2D eigenvalue weighted by Crippen LogP contribution is 2.33. The van der Waals surface area contributed by atoms with Gasteiger partial charge in [0.25, 0.3) is 5.56 Å². The highest BCUT2D eigenvalue weighted by molar-refractivity contribution is 5.89. The van der Waals surface area contributed by atoms with Gasteiger partial charge in [0.1, 0.15) is 35.1 Å². The summed E-state index contributed by atoms with van der Waals surface area (Å²) in [5.74, 6) is 2.06. The van der Waals surface area contributed by atoms with Gasteiger partial charge in [-0.1, -0.05) is 42.5 Å². The molecule has 2 aromatic carbocycles. The Morgan fingerprint density at radius 1 is 1.11 bits per heavy atom. The maximum Gasteiger partial charge on any atom is 0.278 e. The molecule has 9 nitrogen and oxygen atoms in total. The Morgan fingerprint density at radius 3 is 2.63 bits per heavy atom. The topological polar surface area (TPSA) is 111 Å². The van der Waals surface area contributed by atoms with E-state index in [2.05, 4.69) is 16.0 Å². The van der Waals surface area contributed by atoms with Crippen molar-refractivity contribution >= 4 is 29.3 Å². The van der Waals surface area contributed by atoms with E-state index in [0.717, 1.165) is 24.9 Å². The molecule has 1 unspecified atom stereocenters. The second-order valence-corrected chi connectivity index (χ2v) is 9.63. The first-order chi connectivity index (χ1) is 18.1. The first-order valence-corrected chi connectivity index (χ1v) is 12.6. The quantitative estimate of drug-likeness (QED) is 0.419. The fraction of sp³-hybridized carbons (Fsp3) is 0.321. The normalized spacial score (nSPS) is 18.6. The van der Waals surface area contributed by atoms with E-state index in [4.69, 9.17) is 15.2 Å². The molecule has 0 bridgehead atoms. The SMILES string of the molecule is Cl.N#Cc1c(N2CCC[C@H](N)C2)n(Cc2ccccc2)c2c(=O)n(CC3COc4ccccc4O3)cnc12. The van der Waals surface area contributed by atoms with Crippen LogP contribution in [0.2, 0.25) is 0 Å². The number of benzene rings is 2. The van der Waals surface area contributed by atoms with Crippen LogP contribution in [0.4, 0.5) is 5.82 Å². The first kappa shape index (κ1) is 25.6. The number of hydrogen-bond acceptors (Lipinski definition) is 7. The smallest absolute Gasteiger partial charge is 0.278 e. The Bertz CT molecular complexity index is 1540. The number of halogens is 1. The Morgan fingerprint density at radius 2 is 1.87 bits per heavy atom. The number of nitriles is 1. The standard InChI is InChI=1S/C28H28N6O3.ClH/c29-13-22-25-26(28(35)33(18-31-25)16-21-17-36-23-10-4-5-11-24(23)37-21)34(14-19-7-2-1-3-8-19)27(22)32-12-6-9-20(30)15-32;/h1-5,7-8,10-11,18,20-21H,6,9,12,14-17,30H2;1H/t20-,21?;/m0./s1. The molecular weight excluding hydrogens is 504 g/mol. The van der Waals surface area contributed by atoms with Gasteiger partial charge in [-0.05, 0) is 30.5 Å². The molecule has 38 heavy (non-hydrogen) atoms. The third-order valence-corrected chi connectivity index (χ3v) is 7.02. The predicted molar refractivity (Wildman–Crippen MR) is 147 cm³/mol. The number of nitrogens with zero attached hydrogens (tertiary/aromatic N) is 5. The monoisotopic (exact) mass is 532 g/mol. The van der Waals surface area contributed by atoms with Gasteiger partial charge in [0.05, 0.1) is 12.9 Å². The molecule has 1 fully saturated rings. The van der Waals surface area contributed by atoms with Gasteiger partial charge in [-0.2, -0.15) is 5.26 Å². The van der Waals surface area contributed by atoms with Crippen LogP contribution in [-0.4, -0.2) is 46.0 Å². The second kappa shape index (κ2) is 10.8. The summed E-state index contributed by atoms with van der Waals surface area (Å²) >= 11 is 0. The van der Waals surface area contributed by atoms with Crippen LogP contribution in [0.25, 0.3) is 11.0 Å². The van der Waals surface area contributed by atoms with Crippen LogP contribution < -0.4 is 25.7 Å². The highest BCUT2D eigenvalue weighted by Gasteiger charge is 2.29. The minimum atomic E-state index is -0.348. The number of piperidine rings is 1. The molecule has 1 saturated heterocycles. The van der Waals surface area contributed by atoms with E-state index in [0.29, 0.717) is 53.6 Å². The van der Waals surface area contributed by atoms with Crippen molar-refractivity contribution in [2.24, 2.45) is 5.73 Å². The van der Waals surface area contributed by atoms with E-state index in [1.807, 2.05) is 59.2 Å². The predicted octanol–water partition coefficient (Wildman–Crippen LogP) is 3.31. The fourth-order valence-corrected chi connectivity index (χ4v) is 5.31. The maximum absolute atomic E-state index is 13.9. The number of aromatic nitrogens is 3. The van der Waals surface area contributed by atoms with Gasteiger partial charge < -0.3 is 24.7 Å². The van der Waals surface area contributed by atoms with Gasteiger partial charge in [-0.3, -0.25) is 9.36 Å². The fourth-order valence-electron chi connectivity index (χ4n) is 5.31. The van der Waals surface area contributed by atoms with Crippen LogP contribution in [0, 0.1) is 11.3 Å². The van der Waals surface area contributed by atoms with Crippen LogP contribution >= 0.6 is 12.4 Å². The average Bonchev–Trinajstić information content (AvgIpc) is 3.24. The van der Waals surface area contributed by atoms with Crippen LogP contribution in [0.3, 0.4) is 0 Å². The Labute approximate surface area is 226 Å². The molecule has 196 valence electrons. The lowest BCUT2D eigenvalue weighted by molar-refractivity contribution is 0.0777. The molecule has 0 saturated carbocycles. The third-order valence-electron chi connectivity index (χ3n) is 7.02. The van der Waals surface area contributed by atoms with E-state index in [9.17, 15) is 10.1 Å². The number of nitrogens with two attached hydrogens (primary N) is 1. The number of anilines is 1. The van der Waals surface area contributed by atoms with Crippen LogP contribution in [0.5, 0.6) is 11.5 Å². The minimum Gasteiger partial charge on any atom is -0.486 e. The number of ether oxygens (including phenoxy) is 2. The number of para-hydroxylation sites is 2. The summed E-state index contributed by atoms with van der Waals surface area (Å²) in [6.45, 7) is 2.44. The summed E-state index contributed by atoms with van der Waals surface area (Å²) in [6, 6.07) is 19.8. The van der Waals surface area contributed by atoms with Crippen molar-refractivity contribution in [1.82, 2.24) is 14.1 Å². The van der Waals surface area contributed by atoms with Crippen molar-refractivity contribution in [3.63, 3.8) is 0 Å². The van der Waals surface area contributed by atoms with Gasteiger partial charge in [-0.15, -0.1) is 12.4 Å². The summed E-state index contributed by atoms with van der Waals surface area (Å²) in [5, 5.41) is 10.2. The average molecular weight is 533 g/mol. The Kier molecular flexibility index (Phi) is 7.27. The van der Waals surface area contributed by atoms with E-state index >= 15 is 0 Å². The Hall–Kier alpha value is -4.00.